The fourth-order valence-electron chi connectivity index (χ4n) is 3.41. The lowest BCUT2D eigenvalue weighted by molar-refractivity contribution is -0.150. The Morgan fingerprint density at radius 3 is 2.30 bits per heavy atom. The molecule has 1 aliphatic heterocycles. The number of carbonyl (C=O) groups is 2. The molecule has 27 heavy (non-hydrogen) atoms. The Kier molecular flexibility index (Phi) is 5.79. The summed E-state index contributed by atoms with van der Waals surface area (Å²) in [6.45, 7) is 4.05. The third-order valence-corrected chi connectivity index (χ3v) is 5.26. The Morgan fingerprint density at radius 1 is 1.15 bits per heavy atom. The van der Waals surface area contributed by atoms with Crippen molar-refractivity contribution in [1.29, 1.82) is 0 Å². The second kappa shape index (κ2) is 8.25. The fourth-order valence-corrected chi connectivity index (χ4v) is 3.41. The largest absolute Gasteiger partial charge is 0.457 e. The summed E-state index contributed by atoms with van der Waals surface area (Å²) >= 11 is 0. The normalized spacial score (nSPS) is 22.7. The van der Waals surface area contributed by atoms with Gasteiger partial charge >= 0.3 is 12.1 Å². The van der Waals surface area contributed by atoms with Gasteiger partial charge < -0.3 is 14.8 Å². The highest BCUT2D eigenvalue weighted by molar-refractivity contribution is 5.73. The zero-order valence-corrected chi connectivity index (χ0v) is 15.7. The average Bonchev–Trinajstić information content (AvgIpc) is 2.94. The van der Waals surface area contributed by atoms with E-state index in [1.165, 1.54) is 0 Å². The number of benzene rings is 2. The lowest BCUT2D eigenvalue weighted by atomic mass is 9.81. The number of alkyl carbamates (subject to hydrolysis) is 1. The van der Waals surface area contributed by atoms with Crippen molar-refractivity contribution in [2.24, 2.45) is 5.92 Å². The first-order valence-electron chi connectivity index (χ1n) is 9.20. The van der Waals surface area contributed by atoms with Gasteiger partial charge in [-0.1, -0.05) is 67.6 Å². The van der Waals surface area contributed by atoms with Gasteiger partial charge in [-0.3, -0.25) is 4.79 Å². The molecule has 1 saturated heterocycles. The second-order valence-electron chi connectivity index (χ2n) is 7.21. The minimum absolute atomic E-state index is 0.00636. The fraction of sp³-hybridized carbons (Fsp3) is 0.364. The second-order valence-corrected chi connectivity index (χ2v) is 7.21. The van der Waals surface area contributed by atoms with Crippen LogP contribution in [0.4, 0.5) is 4.79 Å². The summed E-state index contributed by atoms with van der Waals surface area (Å²) in [6.07, 6.45) is 0.383. The molecule has 3 rings (SSSR count). The lowest BCUT2D eigenvalue weighted by Gasteiger charge is -2.36. The number of nitrogens with one attached hydrogen (secondary N) is 1. The molecule has 2 aromatic carbocycles. The highest BCUT2D eigenvalue weighted by atomic mass is 16.6. The molecule has 0 spiro atoms. The summed E-state index contributed by atoms with van der Waals surface area (Å²) in [5, 5.41) is 2.93. The molecule has 1 heterocycles. The summed E-state index contributed by atoms with van der Waals surface area (Å²) in [5.74, 6) is -0.240. The van der Waals surface area contributed by atoms with Crippen LogP contribution in [0.2, 0.25) is 0 Å². The Hall–Kier alpha value is -2.82. The lowest BCUT2D eigenvalue weighted by Crippen LogP contribution is -2.54. The number of amides is 1. The molecule has 0 saturated carbocycles. The van der Waals surface area contributed by atoms with Gasteiger partial charge in [0.15, 0.2) is 0 Å². The number of rotatable bonds is 6. The van der Waals surface area contributed by atoms with Crippen molar-refractivity contribution >= 4 is 12.1 Å². The van der Waals surface area contributed by atoms with Gasteiger partial charge in [-0.2, -0.15) is 0 Å². The van der Waals surface area contributed by atoms with Crippen LogP contribution >= 0.6 is 0 Å². The molecule has 1 N–H and O–H groups in total. The molecule has 2 aromatic rings. The van der Waals surface area contributed by atoms with E-state index in [2.05, 4.69) is 5.32 Å². The summed E-state index contributed by atoms with van der Waals surface area (Å²) in [4.78, 5) is 24.3. The molecule has 0 aromatic heterocycles. The Bertz CT molecular complexity index is 777. The third kappa shape index (κ3) is 4.67. The van der Waals surface area contributed by atoms with Gasteiger partial charge in [0.1, 0.15) is 12.2 Å². The number of ether oxygens (including phenoxy) is 2. The van der Waals surface area contributed by atoms with Crippen LogP contribution in [-0.2, 0) is 27.3 Å². The molecule has 1 amide bonds. The molecule has 1 fully saturated rings. The number of carbonyl (C=O) groups excluding carboxylic acids is 2. The number of cyclic esters (lactones) is 1. The molecule has 5 heteroatoms. The smallest absolute Gasteiger partial charge is 0.407 e. The molecular weight excluding hydrogens is 342 g/mol. The minimum Gasteiger partial charge on any atom is -0.457 e. The first-order chi connectivity index (χ1) is 13.0. The van der Waals surface area contributed by atoms with Crippen molar-refractivity contribution in [3.05, 3.63) is 71.8 Å². The maximum atomic E-state index is 12.4. The van der Waals surface area contributed by atoms with Gasteiger partial charge in [-0.25, -0.2) is 4.79 Å². The van der Waals surface area contributed by atoms with E-state index in [1.54, 1.807) is 0 Å². The van der Waals surface area contributed by atoms with Gasteiger partial charge in [0.2, 0.25) is 0 Å². The van der Waals surface area contributed by atoms with Gasteiger partial charge in [-0.05, 0) is 24.5 Å². The van der Waals surface area contributed by atoms with Gasteiger partial charge in [-0.15, -0.1) is 0 Å². The molecule has 3 atom stereocenters. The summed E-state index contributed by atoms with van der Waals surface area (Å²) in [7, 11) is 0. The molecule has 1 aliphatic rings. The van der Waals surface area contributed by atoms with Crippen LogP contribution in [0.3, 0.4) is 0 Å². The average molecular weight is 367 g/mol. The molecule has 142 valence electrons. The highest BCUT2D eigenvalue weighted by Crippen LogP contribution is 2.36. The first kappa shape index (κ1) is 19.0. The molecule has 0 radical (unpaired) electrons. The van der Waals surface area contributed by atoms with E-state index >= 15 is 0 Å². The molecule has 0 aliphatic carbocycles. The highest BCUT2D eigenvalue weighted by Gasteiger charge is 2.49. The summed E-state index contributed by atoms with van der Waals surface area (Å²) in [5.41, 5.74) is 1.19. The maximum absolute atomic E-state index is 12.4. The molecule has 0 unspecified atom stereocenters. The number of esters is 1. The SMILES string of the molecule is C[C@@H]1CC(=O)O[C@]1(C)[C@H](Cc1ccccc1)NC(=O)OCc1ccccc1. The predicted molar refractivity (Wildman–Crippen MR) is 102 cm³/mol. The zero-order chi connectivity index (χ0) is 19.3. The minimum atomic E-state index is -0.779. The van der Waals surface area contributed by atoms with Gasteiger partial charge in [0.05, 0.1) is 12.5 Å². The third-order valence-electron chi connectivity index (χ3n) is 5.26. The van der Waals surface area contributed by atoms with Gasteiger partial charge in [0.25, 0.3) is 0 Å². The van der Waals surface area contributed by atoms with E-state index in [9.17, 15) is 9.59 Å². The van der Waals surface area contributed by atoms with Crippen LogP contribution in [-0.4, -0.2) is 23.7 Å². The van der Waals surface area contributed by atoms with E-state index in [0.717, 1.165) is 11.1 Å². The van der Waals surface area contributed by atoms with E-state index in [0.29, 0.717) is 12.8 Å². The van der Waals surface area contributed by atoms with Crippen molar-refractivity contribution in [2.75, 3.05) is 0 Å². The Labute approximate surface area is 159 Å². The molecule has 5 nitrogen and oxygen atoms in total. The molecular formula is C22H25NO4. The summed E-state index contributed by atoms with van der Waals surface area (Å²) < 4.78 is 11.0. The topological polar surface area (TPSA) is 64.6 Å². The zero-order valence-electron chi connectivity index (χ0n) is 15.7. The quantitative estimate of drug-likeness (QED) is 0.788. The van der Waals surface area contributed by atoms with Crippen molar-refractivity contribution in [2.45, 2.75) is 44.9 Å². The van der Waals surface area contributed by atoms with Crippen molar-refractivity contribution in [3.8, 4) is 0 Å². The van der Waals surface area contributed by atoms with Gasteiger partial charge in [0, 0.05) is 5.92 Å². The standard InChI is InChI=1S/C22H25NO4/c1-16-13-20(24)27-22(16,2)19(14-17-9-5-3-6-10-17)23-21(25)26-15-18-11-7-4-8-12-18/h3-12,16,19H,13-15H2,1-2H3,(H,23,25)/t16-,19+,22+/m1/s1. The number of hydrogen-bond acceptors (Lipinski definition) is 4. The van der Waals surface area contributed by atoms with E-state index in [-0.39, 0.29) is 24.5 Å². The van der Waals surface area contributed by atoms with E-state index in [4.69, 9.17) is 9.47 Å². The van der Waals surface area contributed by atoms with Crippen LogP contribution in [0.25, 0.3) is 0 Å². The van der Waals surface area contributed by atoms with Crippen LogP contribution in [0, 0.1) is 5.92 Å². The molecule has 0 bridgehead atoms. The number of hydrogen-bond donors (Lipinski definition) is 1. The Balaban J connectivity index is 1.71. The van der Waals surface area contributed by atoms with Crippen LogP contribution < -0.4 is 5.32 Å². The van der Waals surface area contributed by atoms with Crippen molar-refractivity contribution < 1.29 is 19.1 Å². The van der Waals surface area contributed by atoms with Crippen molar-refractivity contribution in [3.63, 3.8) is 0 Å². The maximum Gasteiger partial charge on any atom is 0.407 e. The predicted octanol–water partition coefficient (Wildman–Crippen LogP) is 3.87. The first-order valence-corrected chi connectivity index (χ1v) is 9.20. The Morgan fingerprint density at radius 2 is 1.74 bits per heavy atom. The van der Waals surface area contributed by atoms with Crippen LogP contribution in [0.15, 0.2) is 60.7 Å². The van der Waals surface area contributed by atoms with E-state index in [1.807, 2.05) is 74.5 Å². The van der Waals surface area contributed by atoms with Crippen molar-refractivity contribution in [1.82, 2.24) is 5.32 Å². The summed E-state index contributed by atoms with van der Waals surface area (Å²) in [6, 6.07) is 19.0. The van der Waals surface area contributed by atoms with E-state index < -0.39 is 11.7 Å². The van der Waals surface area contributed by atoms with Crippen LogP contribution in [0.5, 0.6) is 0 Å². The van der Waals surface area contributed by atoms with Crippen LogP contribution in [0.1, 0.15) is 31.4 Å². The monoisotopic (exact) mass is 367 g/mol.